The summed E-state index contributed by atoms with van der Waals surface area (Å²) < 4.78 is 12.2. The van der Waals surface area contributed by atoms with Gasteiger partial charge < -0.3 is 15.1 Å². The van der Waals surface area contributed by atoms with E-state index in [0.29, 0.717) is 29.6 Å². The number of hydrogen-bond acceptors (Lipinski definition) is 7. The minimum Gasteiger partial charge on any atom is -0.512 e. The Labute approximate surface area is 271 Å². The number of piperidine rings is 1. The Morgan fingerprint density at radius 2 is 1.60 bits per heavy atom. The fraction of sp³-hybridized carbons (Fsp3) is 0.514. The van der Waals surface area contributed by atoms with Crippen molar-refractivity contribution in [2.24, 2.45) is 0 Å². The summed E-state index contributed by atoms with van der Waals surface area (Å²) in [5.41, 5.74) is 2.74. The smallest absolute Gasteiger partial charge is 0.171 e. The maximum atomic E-state index is 12.2. The van der Waals surface area contributed by atoms with Crippen molar-refractivity contribution in [2.45, 2.75) is 80.2 Å². The number of pyridine rings is 1. The molecule has 4 rings (SSSR count). The Bertz CT molecular complexity index is 1200. The number of rotatable bonds is 9. The number of aryl methyl sites for hydroxylation is 1. The number of likely N-dealkylation sites (tertiary alicyclic amines) is 1. The van der Waals surface area contributed by atoms with Gasteiger partial charge in [-0.15, -0.1) is 0 Å². The highest BCUT2D eigenvalue weighted by atomic mass is 19.1. The molecule has 2 N–H and O–H groups in total. The van der Waals surface area contributed by atoms with Crippen molar-refractivity contribution < 1.29 is 19.4 Å². The number of aliphatic hydroxyl groups excluding tert-OH is 1. The normalized spacial score (nSPS) is 16.3. The Morgan fingerprint density at radius 3 is 2.09 bits per heavy atom. The van der Waals surface area contributed by atoms with Crippen LogP contribution in [0.25, 0.3) is 0 Å². The molecule has 0 radical (unpaired) electrons. The van der Waals surface area contributed by atoms with Crippen LogP contribution in [0.5, 0.6) is 5.75 Å². The quantitative estimate of drug-likeness (QED) is 0.166. The third-order valence-electron chi connectivity index (χ3n) is 7.78. The van der Waals surface area contributed by atoms with Crippen LogP contribution in [-0.2, 0) is 6.42 Å². The van der Waals surface area contributed by atoms with Gasteiger partial charge >= 0.3 is 0 Å². The molecule has 1 aromatic heterocycles. The summed E-state index contributed by atoms with van der Waals surface area (Å²) in [6.07, 6.45) is 11.0. The van der Waals surface area contributed by atoms with Gasteiger partial charge in [0.1, 0.15) is 5.82 Å². The average Bonchev–Trinajstić information content (AvgIpc) is 3.09. The second-order valence-corrected chi connectivity index (χ2v) is 10.6. The molecule has 0 bridgehead atoms. The molecule has 1 aromatic carbocycles. The molecule has 2 fully saturated rings. The monoisotopic (exact) mass is 624 g/mol. The number of ketones is 1. The average molecular weight is 625 g/mol. The fourth-order valence-corrected chi connectivity index (χ4v) is 5.11. The highest BCUT2D eigenvalue weighted by molar-refractivity contribution is 5.94. The van der Waals surface area contributed by atoms with Gasteiger partial charge in [0, 0.05) is 56.9 Å². The molecule has 7 nitrogen and oxygen atoms in total. The van der Waals surface area contributed by atoms with E-state index >= 15 is 0 Å². The first-order valence-corrected chi connectivity index (χ1v) is 16.6. The summed E-state index contributed by atoms with van der Waals surface area (Å²) in [6, 6.07) is 8.66. The van der Waals surface area contributed by atoms with Gasteiger partial charge in [0.05, 0.1) is 5.76 Å². The maximum absolute atomic E-state index is 12.2. The number of carbonyl (C=O) groups is 1. The second kappa shape index (κ2) is 22.1. The summed E-state index contributed by atoms with van der Waals surface area (Å²) in [7, 11) is 0. The first-order valence-electron chi connectivity index (χ1n) is 16.6. The minimum atomic E-state index is -0.160. The van der Waals surface area contributed by atoms with Gasteiger partial charge in [-0.05, 0) is 74.7 Å². The third kappa shape index (κ3) is 13.6. The number of halogens is 1. The number of aliphatic hydroxyl groups is 1. The topological polar surface area (TPSA) is 80.1 Å². The Balaban J connectivity index is 0.000000655. The predicted octanol–water partition coefficient (Wildman–Crippen LogP) is 7.98. The summed E-state index contributed by atoms with van der Waals surface area (Å²) in [4.78, 5) is 22.9. The van der Waals surface area contributed by atoms with Crippen LogP contribution >= 0.6 is 0 Å². The van der Waals surface area contributed by atoms with Crippen LogP contribution in [0.15, 0.2) is 72.7 Å². The van der Waals surface area contributed by atoms with Gasteiger partial charge in [0.25, 0.3) is 0 Å². The number of allylic oxidation sites excluding steroid dienone is 3. The van der Waals surface area contributed by atoms with Crippen LogP contribution < -0.4 is 4.90 Å². The van der Waals surface area contributed by atoms with Crippen molar-refractivity contribution in [1.29, 1.82) is 0 Å². The number of aromatic hydroxyl groups is 1. The molecule has 0 spiro atoms. The molecule has 0 unspecified atom stereocenters. The molecule has 0 saturated carbocycles. The molecule has 2 aliphatic heterocycles. The molecule has 2 aliphatic rings. The molecule has 0 aliphatic carbocycles. The SMILES string of the molecule is C=C/C(=C\C=C(\O)CC)CN1CCC(N2CCN(c3ncc(C(C)=O)cc3O)CC2)CC1.CC.CC.CCc1ccc(F)cc1. The van der Waals surface area contributed by atoms with Crippen molar-refractivity contribution in [3.8, 4) is 5.75 Å². The number of nitrogens with zero attached hydrogens (tertiary/aromatic N) is 4. The summed E-state index contributed by atoms with van der Waals surface area (Å²) >= 11 is 0. The molecule has 2 saturated heterocycles. The van der Waals surface area contributed by atoms with E-state index in [-0.39, 0.29) is 17.3 Å². The standard InChI is InChI=1S/C25H36N4O3.C8H9F.2C2H6/c1-4-20(6-7-23(31)5-2)18-27-10-8-22(9-11-27)28-12-14-29(15-13-28)25-24(32)16-21(17-26-25)19(3)30;1-2-7-3-5-8(9)6-4-7;2*1-2/h4,6-7,16-17,22,31-32H,1,5,8-15,18H2,2-3H3;3-6H,2H2,1H3;2*1-2H3/b20-6+,23-7+;;;. The van der Waals surface area contributed by atoms with E-state index < -0.39 is 0 Å². The number of anilines is 1. The summed E-state index contributed by atoms with van der Waals surface area (Å²) in [5.74, 6) is 0.776. The molecule has 2 aromatic rings. The van der Waals surface area contributed by atoms with Gasteiger partial charge in [-0.25, -0.2) is 9.37 Å². The van der Waals surface area contributed by atoms with Gasteiger partial charge in [-0.1, -0.05) is 72.4 Å². The van der Waals surface area contributed by atoms with Crippen LogP contribution in [0.3, 0.4) is 0 Å². The van der Waals surface area contributed by atoms with E-state index in [0.717, 1.165) is 70.6 Å². The molecule has 8 heteroatoms. The van der Waals surface area contributed by atoms with Crippen LogP contribution in [0.1, 0.15) is 83.7 Å². The van der Waals surface area contributed by atoms with Crippen molar-refractivity contribution in [1.82, 2.24) is 14.8 Å². The van der Waals surface area contributed by atoms with E-state index in [2.05, 4.69) is 26.3 Å². The zero-order valence-corrected chi connectivity index (χ0v) is 28.7. The molecule has 250 valence electrons. The second-order valence-electron chi connectivity index (χ2n) is 10.6. The van der Waals surface area contributed by atoms with Crippen LogP contribution in [0.2, 0.25) is 0 Å². The van der Waals surface area contributed by atoms with E-state index in [1.165, 1.54) is 30.7 Å². The molecular formula is C37H57FN4O3. The van der Waals surface area contributed by atoms with Crippen molar-refractivity contribution in [3.63, 3.8) is 0 Å². The van der Waals surface area contributed by atoms with Gasteiger partial charge in [0.2, 0.25) is 0 Å². The zero-order valence-electron chi connectivity index (χ0n) is 28.7. The minimum absolute atomic E-state index is 0.0765. The number of aromatic nitrogens is 1. The van der Waals surface area contributed by atoms with Crippen LogP contribution in [-0.4, -0.2) is 82.6 Å². The maximum Gasteiger partial charge on any atom is 0.171 e. The van der Waals surface area contributed by atoms with E-state index in [1.54, 1.807) is 24.4 Å². The largest absolute Gasteiger partial charge is 0.512 e. The molecule has 0 atom stereocenters. The van der Waals surface area contributed by atoms with Crippen molar-refractivity contribution in [2.75, 3.05) is 50.7 Å². The van der Waals surface area contributed by atoms with E-state index in [9.17, 15) is 19.4 Å². The highest BCUT2D eigenvalue weighted by Gasteiger charge is 2.28. The Morgan fingerprint density at radius 1 is 1.00 bits per heavy atom. The lowest BCUT2D eigenvalue weighted by Crippen LogP contribution is -2.53. The zero-order chi connectivity index (χ0) is 33.8. The summed E-state index contributed by atoms with van der Waals surface area (Å²) in [5, 5.41) is 20.0. The van der Waals surface area contributed by atoms with Gasteiger partial charge in [-0.3, -0.25) is 14.6 Å². The van der Waals surface area contributed by atoms with E-state index in [4.69, 9.17) is 0 Å². The third-order valence-corrected chi connectivity index (χ3v) is 7.78. The lowest BCUT2D eigenvalue weighted by Gasteiger charge is -2.43. The first kappa shape index (κ1) is 39.5. The number of piperazine rings is 1. The summed E-state index contributed by atoms with van der Waals surface area (Å²) in [6.45, 7) is 23.8. The highest BCUT2D eigenvalue weighted by Crippen LogP contribution is 2.28. The van der Waals surface area contributed by atoms with Crippen molar-refractivity contribution in [3.05, 3.63) is 89.6 Å². The lowest BCUT2D eigenvalue weighted by atomic mass is 10.0. The van der Waals surface area contributed by atoms with Crippen LogP contribution in [0, 0.1) is 5.82 Å². The number of benzene rings is 1. The molecule has 0 amide bonds. The first-order chi connectivity index (χ1) is 21.7. The van der Waals surface area contributed by atoms with Gasteiger partial charge in [0.15, 0.2) is 17.4 Å². The Hall–Kier alpha value is -3.49. The molecular weight excluding hydrogens is 567 g/mol. The number of carbonyl (C=O) groups excluding carboxylic acids is 1. The van der Waals surface area contributed by atoms with Gasteiger partial charge in [-0.2, -0.15) is 0 Å². The van der Waals surface area contributed by atoms with E-state index in [1.807, 2.05) is 53.7 Å². The lowest BCUT2D eigenvalue weighted by molar-refractivity contribution is 0.101. The molecule has 3 heterocycles. The molecule has 45 heavy (non-hydrogen) atoms. The number of hydrogen-bond donors (Lipinski definition) is 2. The van der Waals surface area contributed by atoms with Crippen molar-refractivity contribution >= 4 is 11.6 Å². The number of Topliss-reactive ketones (excluding diaryl/α,β-unsaturated/α-hetero) is 1. The fourth-order valence-electron chi connectivity index (χ4n) is 5.11. The Kier molecular flexibility index (Phi) is 19.4. The predicted molar refractivity (Wildman–Crippen MR) is 187 cm³/mol. The van der Waals surface area contributed by atoms with Crippen LogP contribution in [0.4, 0.5) is 10.2 Å².